The highest BCUT2D eigenvalue weighted by Gasteiger charge is 2.21. The number of halogens is 1. The van der Waals surface area contributed by atoms with Crippen molar-refractivity contribution in [2.75, 3.05) is 19.8 Å². The van der Waals surface area contributed by atoms with Crippen molar-refractivity contribution in [3.63, 3.8) is 0 Å². The first-order chi connectivity index (χ1) is 11.3. The lowest BCUT2D eigenvalue weighted by atomic mass is 10.0. The molecule has 0 atom stereocenters. The molecule has 1 saturated heterocycles. The molecule has 2 aromatic rings. The Balaban J connectivity index is 1.72. The topological polar surface area (TPSA) is 27.7 Å². The van der Waals surface area contributed by atoms with E-state index in [1.165, 1.54) is 6.07 Å². The minimum absolute atomic E-state index is 0.308. The van der Waals surface area contributed by atoms with Crippen LogP contribution in [0.5, 0.6) is 5.75 Å². The van der Waals surface area contributed by atoms with Gasteiger partial charge in [-0.25, -0.2) is 4.39 Å². The summed E-state index contributed by atoms with van der Waals surface area (Å²) in [5.41, 5.74) is 2.22. The third-order valence-corrected chi connectivity index (χ3v) is 3.83. The monoisotopic (exact) mass is 316 g/mol. The third-order valence-electron chi connectivity index (χ3n) is 3.83. The molecule has 3 nitrogen and oxygen atoms in total. The van der Waals surface area contributed by atoms with Crippen molar-refractivity contribution in [3.8, 4) is 16.9 Å². The van der Waals surface area contributed by atoms with Gasteiger partial charge in [0.15, 0.2) is 6.29 Å². The van der Waals surface area contributed by atoms with Gasteiger partial charge in [0.2, 0.25) is 0 Å². The maximum atomic E-state index is 14.3. The van der Waals surface area contributed by atoms with Crippen LogP contribution >= 0.6 is 0 Å². The van der Waals surface area contributed by atoms with Gasteiger partial charge in [-0.2, -0.15) is 0 Å². The molecule has 0 spiro atoms. The molecular weight excluding hydrogens is 295 g/mol. The molecule has 0 amide bonds. The fraction of sp³-hybridized carbons (Fsp3) is 0.368. The molecule has 1 heterocycles. The summed E-state index contributed by atoms with van der Waals surface area (Å²) in [6, 6.07) is 12.9. The third kappa shape index (κ3) is 3.89. The van der Waals surface area contributed by atoms with E-state index in [1.807, 2.05) is 30.3 Å². The molecule has 0 aromatic heterocycles. The minimum Gasteiger partial charge on any atom is -0.494 e. The first-order valence-electron chi connectivity index (χ1n) is 8.04. The second-order valence-corrected chi connectivity index (χ2v) is 5.54. The number of benzene rings is 2. The standard InChI is InChI=1S/C19H21FO3/c1-2-3-10-21-16-7-4-14(5-8-16)15-6-9-17(18(20)13-15)19-22-11-12-23-19/h4-9,13,19H,2-3,10-12H2,1H3. The van der Waals surface area contributed by atoms with E-state index in [4.69, 9.17) is 14.2 Å². The van der Waals surface area contributed by atoms with Crippen molar-refractivity contribution in [2.45, 2.75) is 26.1 Å². The summed E-state index contributed by atoms with van der Waals surface area (Å²) in [5, 5.41) is 0. The van der Waals surface area contributed by atoms with Crippen LogP contribution in [0.15, 0.2) is 42.5 Å². The number of unbranched alkanes of at least 4 members (excludes halogenated alkanes) is 1. The smallest absolute Gasteiger partial charge is 0.186 e. The van der Waals surface area contributed by atoms with Crippen LogP contribution in [0.25, 0.3) is 11.1 Å². The van der Waals surface area contributed by atoms with Crippen LogP contribution in [0.1, 0.15) is 31.6 Å². The molecular formula is C19H21FO3. The quantitative estimate of drug-likeness (QED) is 0.722. The molecule has 122 valence electrons. The van der Waals surface area contributed by atoms with E-state index in [0.717, 1.165) is 36.3 Å². The highest BCUT2D eigenvalue weighted by atomic mass is 19.1. The molecule has 0 N–H and O–H groups in total. The average Bonchev–Trinajstić information content (AvgIpc) is 3.10. The fourth-order valence-electron chi connectivity index (χ4n) is 2.51. The van der Waals surface area contributed by atoms with Gasteiger partial charge < -0.3 is 14.2 Å². The average molecular weight is 316 g/mol. The predicted molar refractivity (Wildman–Crippen MR) is 86.9 cm³/mol. The lowest BCUT2D eigenvalue weighted by Gasteiger charge is -2.12. The molecule has 23 heavy (non-hydrogen) atoms. The number of hydrogen-bond acceptors (Lipinski definition) is 3. The maximum Gasteiger partial charge on any atom is 0.186 e. The number of ether oxygens (including phenoxy) is 3. The largest absolute Gasteiger partial charge is 0.494 e. The van der Waals surface area contributed by atoms with E-state index in [2.05, 4.69) is 6.92 Å². The molecule has 0 radical (unpaired) electrons. The zero-order valence-corrected chi connectivity index (χ0v) is 13.3. The second-order valence-electron chi connectivity index (χ2n) is 5.54. The molecule has 0 aliphatic carbocycles. The SMILES string of the molecule is CCCCOc1ccc(-c2ccc(C3OCCO3)c(F)c2)cc1. The second kappa shape index (κ2) is 7.57. The van der Waals surface area contributed by atoms with Crippen molar-refractivity contribution in [2.24, 2.45) is 0 Å². The van der Waals surface area contributed by atoms with E-state index in [-0.39, 0.29) is 5.82 Å². The van der Waals surface area contributed by atoms with Crippen LogP contribution < -0.4 is 4.74 Å². The Morgan fingerprint density at radius 1 is 1.04 bits per heavy atom. The summed E-state index contributed by atoms with van der Waals surface area (Å²) in [5.74, 6) is 0.532. The Morgan fingerprint density at radius 2 is 1.74 bits per heavy atom. The lowest BCUT2D eigenvalue weighted by Crippen LogP contribution is -2.01. The van der Waals surface area contributed by atoms with Gasteiger partial charge in [-0.15, -0.1) is 0 Å². The van der Waals surface area contributed by atoms with Gasteiger partial charge >= 0.3 is 0 Å². The zero-order valence-electron chi connectivity index (χ0n) is 13.3. The highest BCUT2D eigenvalue weighted by Crippen LogP contribution is 2.30. The zero-order chi connectivity index (χ0) is 16.1. The predicted octanol–water partition coefficient (Wildman–Crippen LogP) is 4.72. The van der Waals surface area contributed by atoms with Gasteiger partial charge in [0, 0.05) is 5.56 Å². The lowest BCUT2D eigenvalue weighted by molar-refractivity contribution is -0.0464. The van der Waals surface area contributed by atoms with Gasteiger partial charge in [-0.1, -0.05) is 37.6 Å². The molecule has 0 unspecified atom stereocenters. The van der Waals surface area contributed by atoms with E-state index in [9.17, 15) is 4.39 Å². The highest BCUT2D eigenvalue weighted by molar-refractivity contribution is 5.64. The van der Waals surface area contributed by atoms with Crippen molar-refractivity contribution >= 4 is 0 Å². The molecule has 0 bridgehead atoms. The van der Waals surface area contributed by atoms with E-state index < -0.39 is 6.29 Å². The summed E-state index contributed by atoms with van der Waals surface area (Å²) in [7, 11) is 0. The Morgan fingerprint density at radius 3 is 2.39 bits per heavy atom. The summed E-state index contributed by atoms with van der Waals surface area (Å²) < 4.78 is 30.6. The van der Waals surface area contributed by atoms with E-state index >= 15 is 0 Å². The summed E-state index contributed by atoms with van der Waals surface area (Å²) in [6.07, 6.45) is 1.57. The van der Waals surface area contributed by atoms with Crippen LogP contribution in [0.2, 0.25) is 0 Å². The summed E-state index contributed by atoms with van der Waals surface area (Å²) in [4.78, 5) is 0. The van der Waals surface area contributed by atoms with Gasteiger partial charge in [-0.05, 0) is 35.7 Å². The molecule has 4 heteroatoms. The first-order valence-corrected chi connectivity index (χ1v) is 8.04. The first kappa shape index (κ1) is 16.0. The Labute approximate surface area is 136 Å². The van der Waals surface area contributed by atoms with E-state index in [1.54, 1.807) is 6.07 Å². The van der Waals surface area contributed by atoms with Crippen LogP contribution in [-0.2, 0) is 9.47 Å². The molecule has 0 saturated carbocycles. The Bertz CT molecular complexity index is 634. The Kier molecular flexibility index (Phi) is 5.26. The minimum atomic E-state index is -0.585. The van der Waals surface area contributed by atoms with Gasteiger partial charge in [-0.3, -0.25) is 0 Å². The molecule has 1 fully saturated rings. The number of hydrogen-bond donors (Lipinski definition) is 0. The molecule has 1 aliphatic rings. The fourth-order valence-corrected chi connectivity index (χ4v) is 2.51. The number of rotatable bonds is 6. The van der Waals surface area contributed by atoms with Crippen molar-refractivity contribution in [3.05, 3.63) is 53.8 Å². The normalized spacial score (nSPS) is 15.0. The molecule has 1 aliphatic heterocycles. The van der Waals surface area contributed by atoms with Gasteiger partial charge in [0.05, 0.1) is 19.8 Å². The molecule has 2 aromatic carbocycles. The van der Waals surface area contributed by atoms with Crippen LogP contribution in [0.4, 0.5) is 4.39 Å². The maximum absolute atomic E-state index is 14.3. The summed E-state index contributed by atoms with van der Waals surface area (Å²) >= 11 is 0. The van der Waals surface area contributed by atoms with Gasteiger partial charge in [0.25, 0.3) is 0 Å². The molecule has 3 rings (SSSR count). The Hall–Kier alpha value is -1.91. The van der Waals surface area contributed by atoms with Crippen LogP contribution in [0, 0.1) is 5.82 Å². The van der Waals surface area contributed by atoms with Crippen molar-refractivity contribution < 1.29 is 18.6 Å². The van der Waals surface area contributed by atoms with Crippen LogP contribution in [-0.4, -0.2) is 19.8 Å². The van der Waals surface area contributed by atoms with Gasteiger partial charge in [0.1, 0.15) is 11.6 Å². The summed E-state index contributed by atoms with van der Waals surface area (Å²) in [6.45, 7) is 3.86. The van der Waals surface area contributed by atoms with Crippen molar-refractivity contribution in [1.82, 2.24) is 0 Å². The van der Waals surface area contributed by atoms with Crippen molar-refractivity contribution in [1.29, 1.82) is 0 Å². The van der Waals surface area contributed by atoms with Crippen LogP contribution in [0.3, 0.4) is 0 Å². The van der Waals surface area contributed by atoms with E-state index in [0.29, 0.717) is 18.8 Å².